The van der Waals surface area contributed by atoms with Crippen molar-refractivity contribution < 1.29 is 14.3 Å². The Bertz CT molecular complexity index is 236. The predicted octanol–water partition coefficient (Wildman–Crippen LogP) is -0.0239. The SMILES string of the molecule is CC(C)(C)OC(=O)NCCCNCC(N)=O. The summed E-state index contributed by atoms with van der Waals surface area (Å²) in [6.45, 7) is 6.70. The zero-order valence-corrected chi connectivity index (χ0v) is 10.1. The molecule has 2 amide bonds. The summed E-state index contributed by atoms with van der Waals surface area (Å²) in [4.78, 5) is 21.5. The zero-order valence-electron chi connectivity index (χ0n) is 10.1. The monoisotopic (exact) mass is 231 g/mol. The Morgan fingerprint density at radius 1 is 1.25 bits per heavy atom. The van der Waals surface area contributed by atoms with Crippen LogP contribution in [0.2, 0.25) is 0 Å². The largest absolute Gasteiger partial charge is 0.444 e. The first-order valence-electron chi connectivity index (χ1n) is 5.27. The second kappa shape index (κ2) is 7.05. The maximum absolute atomic E-state index is 11.2. The molecule has 0 spiro atoms. The van der Waals surface area contributed by atoms with Gasteiger partial charge in [0.15, 0.2) is 0 Å². The third-order valence-electron chi connectivity index (χ3n) is 1.50. The smallest absolute Gasteiger partial charge is 0.407 e. The first-order chi connectivity index (χ1) is 7.31. The van der Waals surface area contributed by atoms with Crippen molar-refractivity contribution in [2.75, 3.05) is 19.6 Å². The van der Waals surface area contributed by atoms with Crippen LogP contribution in [0.3, 0.4) is 0 Å². The van der Waals surface area contributed by atoms with E-state index >= 15 is 0 Å². The molecule has 0 aromatic carbocycles. The molecule has 6 nitrogen and oxygen atoms in total. The second-order valence-corrected chi connectivity index (χ2v) is 4.43. The Hall–Kier alpha value is -1.30. The summed E-state index contributed by atoms with van der Waals surface area (Å²) in [6, 6.07) is 0. The molecule has 4 N–H and O–H groups in total. The Balaban J connectivity index is 3.38. The molecular weight excluding hydrogens is 210 g/mol. The van der Waals surface area contributed by atoms with Gasteiger partial charge in [0.25, 0.3) is 0 Å². The van der Waals surface area contributed by atoms with Gasteiger partial charge in [0.1, 0.15) is 5.60 Å². The highest BCUT2D eigenvalue weighted by molar-refractivity contribution is 5.75. The summed E-state index contributed by atoms with van der Waals surface area (Å²) in [6.07, 6.45) is 0.286. The highest BCUT2D eigenvalue weighted by Gasteiger charge is 2.15. The van der Waals surface area contributed by atoms with Crippen LogP contribution in [0.15, 0.2) is 0 Å². The molecule has 94 valence electrons. The van der Waals surface area contributed by atoms with Gasteiger partial charge in [0.2, 0.25) is 5.91 Å². The number of hydrogen-bond acceptors (Lipinski definition) is 4. The van der Waals surface area contributed by atoms with Crippen LogP contribution in [0, 0.1) is 0 Å². The van der Waals surface area contributed by atoms with Crippen molar-refractivity contribution >= 4 is 12.0 Å². The Morgan fingerprint density at radius 2 is 1.88 bits per heavy atom. The van der Waals surface area contributed by atoms with Gasteiger partial charge in [-0.3, -0.25) is 4.79 Å². The first kappa shape index (κ1) is 14.7. The molecule has 0 aliphatic carbocycles. The van der Waals surface area contributed by atoms with Crippen molar-refractivity contribution in [2.24, 2.45) is 5.73 Å². The number of amides is 2. The van der Waals surface area contributed by atoms with E-state index in [-0.39, 0.29) is 12.5 Å². The summed E-state index contributed by atoms with van der Waals surface area (Å²) in [7, 11) is 0. The molecule has 0 radical (unpaired) electrons. The van der Waals surface area contributed by atoms with E-state index < -0.39 is 11.7 Å². The molecule has 0 atom stereocenters. The quantitative estimate of drug-likeness (QED) is 0.560. The highest BCUT2D eigenvalue weighted by atomic mass is 16.6. The molecule has 0 aliphatic heterocycles. The van der Waals surface area contributed by atoms with Gasteiger partial charge in [0.05, 0.1) is 6.54 Å². The van der Waals surface area contributed by atoms with E-state index in [0.717, 1.165) is 0 Å². The average Bonchev–Trinajstić information content (AvgIpc) is 2.07. The molecule has 0 unspecified atom stereocenters. The van der Waals surface area contributed by atoms with Crippen molar-refractivity contribution in [1.29, 1.82) is 0 Å². The zero-order chi connectivity index (χ0) is 12.6. The summed E-state index contributed by atoms with van der Waals surface area (Å²) in [5.74, 6) is -0.389. The fraction of sp³-hybridized carbons (Fsp3) is 0.800. The van der Waals surface area contributed by atoms with E-state index in [4.69, 9.17) is 10.5 Å². The lowest BCUT2D eigenvalue weighted by atomic mass is 10.2. The molecule has 0 rings (SSSR count). The number of rotatable bonds is 6. The number of alkyl carbamates (subject to hydrolysis) is 1. The van der Waals surface area contributed by atoms with Crippen LogP contribution in [0.25, 0.3) is 0 Å². The van der Waals surface area contributed by atoms with Gasteiger partial charge < -0.3 is 21.1 Å². The predicted molar refractivity (Wildman–Crippen MR) is 60.9 cm³/mol. The van der Waals surface area contributed by atoms with E-state index in [9.17, 15) is 9.59 Å². The molecule has 0 saturated carbocycles. The van der Waals surface area contributed by atoms with Crippen LogP contribution in [-0.4, -0.2) is 37.2 Å². The molecule has 0 aromatic rings. The van der Waals surface area contributed by atoms with Crippen molar-refractivity contribution in [1.82, 2.24) is 10.6 Å². The number of primary amides is 1. The van der Waals surface area contributed by atoms with Gasteiger partial charge in [0, 0.05) is 6.54 Å². The first-order valence-corrected chi connectivity index (χ1v) is 5.27. The number of nitrogens with one attached hydrogen (secondary N) is 2. The lowest BCUT2D eigenvalue weighted by Crippen LogP contribution is -2.35. The summed E-state index contributed by atoms with van der Waals surface area (Å²) < 4.78 is 5.04. The number of ether oxygens (including phenoxy) is 1. The van der Waals surface area contributed by atoms with Crippen LogP contribution in [0.4, 0.5) is 4.79 Å². The van der Waals surface area contributed by atoms with Crippen LogP contribution in [0.1, 0.15) is 27.2 Å². The topological polar surface area (TPSA) is 93.4 Å². The van der Waals surface area contributed by atoms with Gasteiger partial charge in [-0.25, -0.2) is 4.79 Å². The normalized spacial score (nSPS) is 10.9. The van der Waals surface area contributed by atoms with Crippen LogP contribution < -0.4 is 16.4 Å². The molecule has 0 aromatic heterocycles. The minimum Gasteiger partial charge on any atom is -0.444 e. The molecule has 0 saturated heterocycles. The second-order valence-electron chi connectivity index (χ2n) is 4.43. The molecule has 0 aliphatic rings. The fourth-order valence-corrected chi connectivity index (χ4v) is 0.930. The van der Waals surface area contributed by atoms with Crippen LogP contribution >= 0.6 is 0 Å². The third-order valence-corrected chi connectivity index (χ3v) is 1.50. The van der Waals surface area contributed by atoms with E-state index in [2.05, 4.69) is 10.6 Å². The van der Waals surface area contributed by atoms with E-state index in [1.54, 1.807) is 20.8 Å². The molecule has 16 heavy (non-hydrogen) atoms. The van der Waals surface area contributed by atoms with Gasteiger partial charge in [-0.05, 0) is 33.7 Å². The summed E-state index contributed by atoms with van der Waals surface area (Å²) in [5.41, 5.74) is 4.46. The minimum atomic E-state index is -0.478. The Morgan fingerprint density at radius 3 is 2.38 bits per heavy atom. The number of nitrogens with two attached hydrogens (primary N) is 1. The van der Waals surface area contributed by atoms with Gasteiger partial charge >= 0.3 is 6.09 Å². The summed E-state index contributed by atoms with van der Waals surface area (Å²) >= 11 is 0. The molecule has 0 bridgehead atoms. The number of carbonyl (C=O) groups is 2. The lowest BCUT2D eigenvalue weighted by molar-refractivity contribution is -0.117. The Labute approximate surface area is 95.9 Å². The van der Waals surface area contributed by atoms with Gasteiger partial charge in [-0.2, -0.15) is 0 Å². The fourth-order valence-electron chi connectivity index (χ4n) is 0.930. The van der Waals surface area contributed by atoms with Crippen molar-refractivity contribution in [3.8, 4) is 0 Å². The standard InChI is InChI=1S/C10H21N3O3/c1-10(2,3)16-9(15)13-6-4-5-12-7-8(11)14/h12H,4-7H2,1-3H3,(H2,11,14)(H,13,15). The lowest BCUT2D eigenvalue weighted by Gasteiger charge is -2.19. The van der Waals surface area contributed by atoms with Crippen molar-refractivity contribution in [3.63, 3.8) is 0 Å². The molecule has 0 heterocycles. The maximum atomic E-state index is 11.2. The van der Waals surface area contributed by atoms with Crippen molar-refractivity contribution in [2.45, 2.75) is 32.8 Å². The number of carbonyl (C=O) groups excluding carboxylic acids is 2. The number of hydrogen-bond donors (Lipinski definition) is 3. The van der Waals surface area contributed by atoms with E-state index in [0.29, 0.717) is 19.5 Å². The van der Waals surface area contributed by atoms with E-state index in [1.165, 1.54) is 0 Å². The maximum Gasteiger partial charge on any atom is 0.407 e. The van der Waals surface area contributed by atoms with Gasteiger partial charge in [-0.15, -0.1) is 0 Å². The van der Waals surface area contributed by atoms with Crippen LogP contribution in [-0.2, 0) is 9.53 Å². The average molecular weight is 231 g/mol. The van der Waals surface area contributed by atoms with Crippen molar-refractivity contribution in [3.05, 3.63) is 0 Å². The Kier molecular flexibility index (Phi) is 6.48. The molecule has 6 heteroatoms. The van der Waals surface area contributed by atoms with Crippen LogP contribution in [0.5, 0.6) is 0 Å². The minimum absolute atomic E-state index is 0.159. The van der Waals surface area contributed by atoms with E-state index in [1.807, 2.05) is 0 Å². The molecule has 0 fully saturated rings. The molecular formula is C10H21N3O3. The third kappa shape index (κ3) is 10.8. The van der Waals surface area contributed by atoms with Gasteiger partial charge in [-0.1, -0.05) is 0 Å². The summed E-state index contributed by atoms with van der Waals surface area (Å²) in [5, 5.41) is 5.45. The highest BCUT2D eigenvalue weighted by Crippen LogP contribution is 2.06.